The van der Waals surface area contributed by atoms with E-state index in [4.69, 9.17) is 9.73 Å². The molecular weight excluding hydrogens is 214 g/mol. The Balaban J connectivity index is 1.73. The number of hydrogen-bond donors (Lipinski definition) is 1. The van der Waals surface area contributed by atoms with Gasteiger partial charge in [-0.3, -0.25) is 4.99 Å². The molecule has 17 heavy (non-hydrogen) atoms. The maximum Gasteiger partial charge on any atom is 0.194 e. The number of hydrogen-bond acceptors (Lipinski definition) is 4. The maximum absolute atomic E-state index is 5.84. The van der Waals surface area contributed by atoms with Crippen molar-refractivity contribution in [1.29, 1.82) is 0 Å². The molecule has 1 aliphatic carbocycles. The van der Waals surface area contributed by atoms with Crippen LogP contribution < -0.4 is 5.32 Å². The first-order valence-corrected chi connectivity index (χ1v) is 6.82. The molecule has 2 fully saturated rings. The van der Waals surface area contributed by atoms with Crippen LogP contribution in [0.4, 0.5) is 0 Å². The predicted octanol–water partition coefficient (Wildman–Crippen LogP) is 1.23. The molecule has 0 radical (unpaired) electrons. The number of aliphatic imine (C=N–C) groups is 1. The second kappa shape index (κ2) is 4.16. The molecule has 96 valence electrons. The van der Waals surface area contributed by atoms with Crippen LogP contribution >= 0.6 is 0 Å². The highest BCUT2D eigenvalue weighted by Gasteiger charge is 2.38. The van der Waals surface area contributed by atoms with Crippen LogP contribution in [0.1, 0.15) is 33.1 Å². The van der Waals surface area contributed by atoms with Crippen LogP contribution in [0.15, 0.2) is 4.99 Å². The summed E-state index contributed by atoms with van der Waals surface area (Å²) < 4.78 is 5.84. The van der Waals surface area contributed by atoms with Crippen LogP contribution in [0.3, 0.4) is 0 Å². The van der Waals surface area contributed by atoms with E-state index in [1.165, 1.54) is 19.3 Å². The zero-order valence-corrected chi connectivity index (χ0v) is 10.9. The minimum absolute atomic E-state index is 0.296. The van der Waals surface area contributed by atoms with Crippen molar-refractivity contribution in [2.24, 2.45) is 10.4 Å². The van der Waals surface area contributed by atoms with Crippen LogP contribution in [0, 0.1) is 5.41 Å². The lowest BCUT2D eigenvalue weighted by molar-refractivity contribution is -0.0311. The second-order valence-corrected chi connectivity index (χ2v) is 6.26. The SMILES string of the molecule is CC1(C)CN=C(N2CCOC3CCCC32)NC1. The number of nitrogens with zero attached hydrogens (tertiary/aromatic N) is 2. The normalized spacial score (nSPS) is 36.1. The monoisotopic (exact) mass is 237 g/mol. The molecule has 1 saturated carbocycles. The van der Waals surface area contributed by atoms with E-state index in [0.717, 1.165) is 32.2 Å². The lowest BCUT2D eigenvalue weighted by atomic mass is 9.93. The van der Waals surface area contributed by atoms with Gasteiger partial charge in [0.1, 0.15) is 0 Å². The topological polar surface area (TPSA) is 36.9 Å². The van der Waals surface area contributed by atoms with Gasteiger partial charge in [-0.25, -0.2) is 0 Å². The average molecular weight is 237 g/mol. The molecule has 0 aromatic heterocycles. The summed E-state index contributed by atoms with van der Waals surface area (Å²) in [7, 11) is 0. The Morgan fingerprint density at radius 1 is 1.41 bits per heavy atom. The molecule has 0 amide bonds. The summed E-state index contributed by atoms with van der Waals surface area (Å²) in [6, 6.07) is 0.566. The third kappa shape index (κ3) is 2.15. The standard InChI is InChI=1S/C13H23N3O/c1-13(2)8-14-12(15-9-13)16-6-7-17-11-5-3-4-10(11)16/h10-11H,3-9H2,1-2H3,(H,14,15). The van der Waals surface area contributed by atoms with E-state index < -0.39 is 0 Å². The number of ether oxygens (including phenoxy) is 1. The molecule has 1 N–H and O–H groups in total. The Morgan fingerprint density at radius 3 is 3.06 bits per heavy atom. The number of rotatable bonds is 0. The molecule has 3 rings (SSSR count). The van der Waals surface area contributed by atoms with E-state index in [1.54, 1.807) is 0 Å². The van der Waals surface area contributed by atoms with Gasteiger partial charge >= 0.3 is 0 Å². The van der Waals surface area contributed by atoms with E-state index >= 15 is 0 Å². The summed E-state index contributed by atoms with van der Waals surface area (Å²) in [6.45, 7) is 8.33. The quantitative estimate of drug-likeness (QED) is 0.688. The fourth-order valence-corrected chi connectivity index (χ4v) is 3.10. The van der Waals surface area contributed by atoms with Crippen molar-refractivity contribution in [2.75, 3.05) is 26.2 Å². The third-order valence-electron chi connectivity index (χ3n) is 4.14. The summed E-state index contributed by atoms with van der Waals surface area (Å²) in [5, 5.41) is 3.51. The van der Waals surface area contributed by atoms with Gasteiger partial charge in [0.05, 0.1) is 18.8 Å². The van der Waals surface area contributed by atoms with Gasteiger partial charge < -0.3 is 15.0 Å². The van der Waals surface area contributed by atoms with Crippen molar-refractivity contribution in [1.82, 2.24) is 10.2 Å². The van der Waals surface area contributed by atoms with E-state index in [1.807, 2.05) is 0 Å². The fraction of sp³-hybridized carbons (Fsp3) is 0.923. The van der Waals surface area contributed by atoms with Crippen LogP contribution in [-0.2, 0) is 4.74 Å². The first-order chi connectivity index (χ1) is 8.16. The molecule has 1 saturated heterocycles. The number of guanidine groups is 1. The Hall–Kier alpha value is -0.770. The first kappa shape index (κ1) is 11.3. The molecule has 4 heteroatoms. The summed E-state index contributed by atoms with van der Waals surface area (Å²) >= 11 is 0. The first-order valence-electron chi connectivity index (χ1n) is 6.82. The van der Waals surface area contributed by atoms with Crippen molar-refractivity contribution >= 4 is 5.96 Å². The van der Waals surface area contributed by atoms with Crippen molar-refractivity contribution in [3.63, 3.8) is 0 Å². The summed E-state index contributed by atoms with van der Waals surface area (Å²) in [5.74, 6) is 1.12. The smallest absolute Gasteiger partial charge is 0.194 e. The molecule has 0 aromatic rings. The van der Waals surface area contributed by atoms with Crippen molar-refractivity contribution in [2.45, 2.75) is 45.3 Å². The molecule has 0 aromatic carbocycles. The third-order valence-corrected chi connectivity index (χ3v) is 4.14. The number of fused-ring (bicyclic) bond motifs is 1. The van der Waals surface area contributed by atoms with E-state index in [-0.39, 0.29) is 0 Å². The van der Waals surface area contributed by atoms with Gasteiger partial charge in [0.25, 0.3) is 0 Å². The molecule has 3 aliphatic rings. The zero-order chi connectivity index (χ0) is 11.9. The van der Waals surface area contributed by atoms with Crippen molar-refractivity contribution in [3.05, 3.63) is 0 Å². The highest BCUT2D eigenvalue weighted by atomic mass is 16.5. The summed E-state index contributed by atoms with van der Waals surface area (Å²) in [4.78, 5) is 7.20. The van der Waals surface area contributed by atoms with Gasteiger partial charge in [-0.1, -0.05) is 13.8 Å². The second-order valence-electron chi connectivity index (χ2n) is 6.26. The molecule has 4 nitrogen and oxygen atoms in total. The average Bonchev–Trinajstić information content (AvgIpc) is 2.77. The van der Waals surface area contributed by atoms with Gasteiger partial charge in [-0.15, -0.1) is 0 Å². The largest absolute Gasteiger partial charge is 0.374 e. The highest BCUT2D eigenvalue weighted by molar-refractivity contribution is 5.81. The zero-order valence-electron chi connectivity index (χ0n) is 10.9. The number of morpholine rings is 1. The Labute approximate surface area is 103 Å². The maximum atomic E-state index is 5.84. The molecule has 0 spiro atoms. The van der Waals surface area contributed by atoms with Gasteiger partial charge in [0, 0.05) is 25.0 Å². The fourth-order valence-electron chi connectivity index (χ4n) is 3.10. The lowest BCUT2D eigenvalue weighted by Gasteiger charge is -2.42. The summed E-state index contributed by atoms with van der Waals surface area (Å²) in [5.41, 5.74) is 0.296. The van der Waals surface area contributed by atoms with Crippen LogP contribution in [0.5, 0.6) is 0 Å². The summed E-state index contributed by atoms with van der Waals surface area (Å²) in [6.07, 6.45) is 4.22. The van der Waals surface area contributed by atoms with Gasteiger partial charge in [-0.2, -0.15) is 0 Å². The molecule has 0 bridgehead atoms. The minimum Gasteiger partial charge on any atom is -0.374 e. The van der Waals surface area contributed by atoms with Gasteiger partial charge in [0.2, 0.25) is 0 Å². The van der Waals surface area contributed by atoms with E-state index in [9.17, 15) is 0 Å². The molecule has 2 unspecified atom stereocenters. The Bertz CT molecular complexity index is 327. The Morgan fingerprint density at radius 2 is 2.29 bits per heavy atom. The van der Waals surface area contributed by atoms with Crippen LogP contribution in [0.25, 0.3) is 0 Å². The van der Waals surface area contributed by atoms with E-state index in [0.29, 0.717) is 17.6 Å². The molecular formula is C13H23N3O. The molecule has 2 atom stereocenters. The van der Waals surface area contributed by atoms with Gasteiger partial charge in [0.15, 0.2) is 5.96 Å². The Kier molecular flexibility index (Phi) is 2.77. The van der Waals surface area contributed by atoms with Crippen molar-refractivity contribution < 1.29 is 4.74 Å². The van der Waals surface area contributed by atoms with E-state index in [2.05, 4.69) is 24.1 Å². The highest BCUT2D eigenvalue weighted by Crippen LogP contribution is 2.30. The molecule has 2 heterocycles. The van der Waals surface area contributed by atoms with Crippen LogP contribution in [-0.4, -0.2) is 49.2 Å². The lowest BCUT2D eigenvalue weighted by Crippen LogP contribution is -2.58. The van der Waals surface area contributed by atoms with Gasteiger partial charge in [-0.05, 0) is 19.3 Å². The number of nitrogens with one attached hydrogen (secondary N) is 1. The van der Waals surface area contributed by atoms with Crippen molar-refractivity contribution in [3.8, 4) is 0 Å². The predicted molar refractivity (Wildman–Crippen MR) is 68.2 cm³/mol. The molecule has 2 aliphatic heterocycles. The minimum atomic E-state index is 0.296. The van der Waals surface area contributed by atoms with Crippen LogP contribution in [0.2, 0.25) is 0 Å².